The smallest absolute Gasteiger partial charge is 0.335 e. The van der Waals surface area contributed by atoms with E-state index in [-0.39, 0.29) is 5.56 Å². The number of para-hydroxylation sites is 1. The average molecular weight is 372 g/mol. The largest absolute Gasteiger partial charge is 0.478 e. The number of hydrogen-bond acceptors (Lipinski definition) is 5. The molecule has 0 bridgehead atoms. The molecule has 0 spiro atoms. The summed E-state index contributed by atoms with van der Waals surface area (Å²) >= 11 is 0. The van der Waals surface area contributed by atoms with E-state index < -0.39 is 5.97 Å². The van der Waals surface area contributed by atoms with Crippen molar-refractivity contribution >= 4 is 28.9 Å². The van der Waals surface area contributed by atoms with Crippen LogP contribution in [0.25, 0.3) is 0 Å². The number of nitrogens with zero attached hydrogens (tertiary/aromatic N) is 4. The highest BCUT2D eigenvalue weighted by atomic mass is 16.4. The van der Waals surface area contributed by atoms with Crippen LogP contribution in [0.5, 0.6) is 0 Å². The molecule has 1 aromatic heterocycles. The predicted octanol–water partition coefficient (Wildman–Crippen LogP) is 4.38. The SMILES string of the molecule is CC.O=C(O)c1ccc(C2=Nc3cncnc3N3CCc4cccc2c43)cc1. The Hall–Kier alpha value is -3.54. The number of aromatic nitrogens is 2. The van der Waals surface area contributed by atoms with Gasteiger partial charge in [0.1, 0.15) is 12.0 Å². The molecule has 0 unspecified atom stereocenters. The van der Waals surface area contributed by atoms with Gasteiger partial charge in [-0.3, -0.25) is 0 Å². The fraction of sp³-hybridized carbons (Fsp3) is 0.182. The van der Waals surface area contributed by atoms with Gasteiger partial charge >= 0.3 is 5.97 Å². The normalized spacial score (nSPS) is 13.5. The summed E-state index contributed by atoms with van der Waals surface area (Å²) in [7, 11) is 0. The Morgan fingerprint density at radius 2 is 1.89 bits per heavy atom. The highest BCUT2D eigenvalue weighted by Crippen LogP contribution is 2.43. The van der Waals surface area contributed by atoms with Gasteiger partial charge in [-0.1, -0.05) is 44.2 Å². The van der Waals surface area contributed by atoms with Crippen molar-refractivity contribution in [3.8, 4) is 0 Å². The molecular weight excluding hydrogens is 352 g/mol. The van der Waals surface area contributed by atoms with Crippen LogP contribution in [-0.2, 0) is 6.42 Å². The summed E-state index contributed by atoms with van der Waals surface area (Å²) in [6, 6.07) is 13.0. The van der Waals surface area contributed by atoms with E-state index in [0.29, 0.717) is 5.69 Å². The van der Waals surface area contributed by atoms with Gasteiger partial charge in [-0.15, -0.1) is 0 Å². The molecule has 3 heterocycles. The topological polar surface area (TPSA) is 78.7 Å². The van der Waals surface area contributed by atoms with Crippen LogP contribution in [0.1, 0.15) is 40.9 Å². The van der Waals surface area contributed by atoms with E-state index in [1.807, 2.05) is 19.9 Å². The third-order valence-electron chi connectivity index (χ3n) is 4.82. The lowest BCUT2D eigenvalue weighted by Crippen LogP contribution is -2.16. The van der Waals surface area contributed by atoms with Crippen LogP contribution in [-0.4, -0.2) is 33.3 Å². The van der Waals surface area contributed by atoms with Crippen molar-refractivity contribution in [1.29, 1.82) is 0 Å². The van der Waals surface area contributed by atoms with Crippen LogP contribution in [0.3, 0.4) is 0 Å². The minimum Gasteiger partial charge on any atom is -0.478 e. The highest BCUT2D eigenvalue weighted by Gasteiger charge is 2.30. The Morgan fingerprint density at radius 1 is 1.11 bits per heavy atom. The Morgan fingerprint density at radius 3 is 2.64 bits per heavy atom. The molecular formula is C22H20N4O2. The van der Waals surface area contributed by atoms with E-state index in [1.54, 1.807) is 36.8 Å². The van der Waals surface area contributed by atoms with Gasteiger partial charge in [0.15, 0.2) is 5.82 Å². The van der Waals surface area contributed by atoms with Crippen LogP contribution >= 0.6 is 0 Å². The summed E-state index contributed by atoms with van der Waals surface area (Å²) in [5.41, 5.74) is 6.07. The van der Waals surface area contributed by atoms with E-state index in [0.717, 1.165) is 41.3 Å². The summed E-state index contributed by atoms with van der Waals surface area (Å²) < 4.78 is 0. The number of carbonyl (C=O) groups is 1. The lowest BCUT2D eigenvalue weighted by Gasteiger charge is -2.19. The van der Waals surface area contributed by atoms with Crippen molar-refractivity contribution in [2.24, 2.45) is 4.99 Å². The van der Waals surface area contributed by atoms with Crippen LogP contribution in [0.4, 0.5) is 17.2 Å². The van der Waals surface area contributed by atoms with Gasteiger partial charge in [0, 0.05) is 17.7 Å². The molecule has 3 aromatic rings. The lowest BCUT2D eigenvalue weighted by molar-refractivity contribution is 0.0697. The maximum absolute atomic E-state index is 11.1. The molecule has 0 saturated heterocycles. The minimum atomic E-state index is -0.940. The summed E-state index contributed by atoms with van der Waals surface area (Å²) in [5.74, 6) is -0.131. The van der Waals surface area contributed by atoms with Gasteiger partial charge < -0.3 is 10.0 Å². The predicted molar refractivity (Wildman–Crippen MR) is 109 cm³/mol. The second kappa shape index (κ2) is 7.23. The molecule has 0 radical (unpaired) electrons. The molecule has 0 amide bonds. The second-order valence-corrected chi connectivity index (χ2v) is 6.29. The average Bonchev–Trinajstić information content (AvgIpc) is 3.12. The number of aromatic carboxylic acids is 1. The zero-order valence-electron chi connectivity index (χ0n) is 15.8. The second-order valence-electron chi connectivity index (χ2n) is 6.29. The van der Waals surface area contributed by atoms with Gasteiger partial charge in [-0.25, -0.2) is 19.8 Å². The van der Waals surface area contributed by atoms with E-state index >= 15 is 0 Å². The summed E-state index contributed by atoms with van der Waals surface area (Å²) in [6.45, 7) is 4.86. The van der Waals surface area contributed by atoms with Gasteiger partial charge in [-0.2, -0.15) is 0 Å². The Kier molecular flexibility index (Phi) is 4.61. The van der Waals surface area contributed by atoms with Gasteiger partial charge in [-0.05, 0) is 24.1 Å². The summed E-state index contributed by atoms with van der Waals surface area (Å²) in [5, 5.41) is 9.14. The number of carboxylic acids is 1. The van der Waals surface area contributed by atoms with Crippen molar-refractivity contribution < 1.29 is 9.90 Å². The van der Waals surface area contributed by atoms with Crippen LogP contribution in [0.15, 0.2) is 60.0 Å². The van der Waals surface area contributed by atoms with Crippen molar-refractivity contribution in [3.05, 3.63) is 77.2 Å². The lowest BCUT2D eigenvalue weighted by atomic mass is 9.97. The number of anilines is 2. The third-order valence-corrected chi connectivity index (χ3v) is 4.82. The first-order valence-electron chi connectivity index (χ1n) is 9.34. The van der Waals surface area contributed by atoms with Gasteiger partial charge in [0.05, 0.1) is 23.2 Å². The van der Waals surface area contributed by atoms with Crippen LogP contribution in [0, 0.1) is 0 Å². The summed E-state index contributed by atoms with van der Waals surface area (Å²) in [4.78, 5) is 26.8. The van der Waals surface area contributed by atoms with E-state index in [1.165, 1.54) is 5.56 Å². The Labute approximate surface area is 163 Å². The maximum Gasteiger partial charge on any atom is 0.335 e. The molecule has 6 heteroatoms. The molecule has 6 nitrogen and oxygen atoms in total. The molecule has 2 aliphatic rings. The monoisotopic (exact) mass is 372 g/mol. The molecule has 0 saturated carbocycles. The van der Waals surface area contributed by atoms with Gasteiger partial charge in [0.2, 0.25) is 0 Å². The molecule has 28 heavy (non-hydrogen) atoms. The highest BCUT2D eigenvalue weighted by molar-refractivity contribution is 6.19. The number of rotatable bonds is 2. The summed E-state index contributed by atoms with van der Waals surface area (Å²) in [6.07, 6.45) is 4.22. The maximum atomic E-state index is 11.1. The molecule has 2 aliphatic heterocycles. The Balaban J connectivity index is 0.000000932. The van der Waals surface area contributed by atoms with E-state index in [4.69, 9.17) is 10.1 Å². The fourth-order valence-corrected chi connectivity index (χ4v) is 3.63. The van der Waals surface area contributed by atoms with Crippen molar-refractivity contribution in [2.75, 3.05) is 11.4 Å². The molecule has 0 fully saturated rings. The molecule has 2 aromatic carbocycles. The molecule has 140 valence electrons. The number of carboxylic acid groups (broad SMARTS) is 1. The standard InChI is InChI=1S/C20H14N4O2.C2H6/c25-20(26)14-6-4-12(5-7-14)17-15-3-1-2-13-8-9-24(18(13)15)19-16(23-17)10-21-11-22-19;1-2/h1-7,10-11H,8-9H2,(H,25,26);1-2H3. The van der Waals surface area contributed by atoms with E-state index in [2.05, 4.69) is 27.0 Å². The van der Waals surface area contributed by atoms with Crippen LogP contribution < -0.4 is 4.90 Å². The number of hydrogen-bond donors (Lipinski definition) is 1. The molecule has 5 rings (SSSR count). The number of benzene rings is 2. The van der Waals surface area contributed by atoms with E-state index in [9.17, 15) is 4.79 Å². The zero-order chi connectivity index (χ0) is 19.7. The minimum absolute atomic E-state index is 0.256. The first kappa shape index (κ1) is 17.9. The number of aliphatic imine (C=N–C) groups is 1. The zero-order valence-corrected chi connectivity index (χ0v) is 15.8. The third kappa shape index (κ3) is 2.83. The van der Waals surface area contributed by atoms with Gasteiger partial charge in [0.25, 0.3) is 0 Å². The Bertz CT molecular complexity index is 1070. The molecule has 0 atom stereocenters. The first-order chi connectivity index (χ1) is 13.7. The van der Waals surface area contributed by atoms with Crippen molar-refractivity contribution in [3.63, 3.8) is 0 Å². The van der Waals surface area contributed by atoms with Crippen molar-refractivity contribution in [2.45, 2.75) is 20.3 Å². The molecule has 1 N–H and O–H groups in total. The quantitative estimate of drug-likeness (QED) is 0.722. The first-order valence-corrected chi connectivity index (χ1v) is 9.34. The number of fused-ring (bicyclic) bond motifs is 2. The molecule has 0 aliphatic carbocycles. The fourth-order valence-electron chi connectivity index (χ4n) is 3.63. The van der Waals surface area contributed by atoms with Crippen LogP contribution in [0.2, 0.25) is 0 Å². The van der Waals surface area contributed by atoms with Crippen molar-refractivity contribution in [1.82, 2.24) is 9.97 Å².